The van der Waals surface area contributed by atoms with E-state index in [0.717, 1.165) is 49.0 Å². The number of alkyl halides is 5. The summed E-state index contributed by atoms with van der Waals surface area (Å²) in [5.74, 6) is -3.00. The Hall–Kier alpha value is -2.45. The van der Waals surface area contributed by atoms with Crippen LogP contribution in [0.3, 0.4) is 0 Å². The smallest absolute Gasteiger partial charge is 0.429 e. The molecule has 0 spiro atoms. The third-order valence-electron chi connectivity index (χ3n) is 8.64. The van der Waals surface area contributed by atoms with Crippen molar-refractivity contribution in [1.82, 2.24) is 0 Å². The Morgan fingerprint density at radius 2 is 1.15 bits per heavy atom. The minimum atomic E-state index is -5.38. The van der Waals surface area contributed by atoms with Crippen molar-refractivity contribution >= 4 is 0 Å². The molecule has 2 saturated carbocycles. The highest BCUT2D eigenvalue weighted by molar-refractivity contribution is 5.35. The van der Waals surface area contributed by atoms with Crippen molar-refractivity contribution in [3.05, 3.63) is 59.2 Å². The van der Waals surface area contributed by atoms with Gasteiger partial charge < -0.3 is 9.47 Å². The third kappa shape index (κ3) is 8.29. The number of rotatable bonds is 10. The molecule has 0 bridgehead atoms. The van der Waals surface area contributed by atoms with Crippen molar-refractivity contribution in [2.24, 2.45) is 17.8 Å². The molecule has 40 heavy (non-hydrogen) atoms. The topological polar surface area (TPSA) is 18.5 Å². The van der Waals surface area contributed by atoms with Crippen LogP contribution in [-0.2, 0) is 6.11 Å². The number of ether oxygens (including phenoxy) is 2. The summed E-state index contributed by atoms with van der Waals surface area (Å²) in [5.41, 5.74) is -0.248. The van der Waals surface area contributed by atoms with Crippen molar-refractivity contribution in [1.29, 1.82) is 0 Å². The predicted octanol–water partition coefficient (Wildman–Crippen LogP) is 10.7. The van der Waals surface area contributed by atoms with Crippen LogP contribution in [0.15, 0.2) is 36.4 Å². The second-order valence-electron chi connectivity index (χ2n) is 11.5. The number of hydrogen-bond acceptors (Lipinski definition) is 2. The van der Waals surface area contributed by atoms with Crippen LogP contribution < -0.4 is 9.47 Å². The van der Waals surface area contributed by atoms with E-state index >= 15 is 0 Å². The third-order valence-corrected chi connectivity index (χ3v) is 8.64. The molecule has 0 saturated heterocycles. The molecule has 2 aliphatic rings. The molecule has 2 aromatic rings. The van der Waals surface area contributed by atoms with E-state index in [9.17, 15) is 30.7 Å². The van der Waals surface area contributed by atoms with Crippen molar-refractivity contribution < 1.29 is 40.2 Å². The van der Waals surface area contributed by atoms with Gasteiger partial charge in [0.2, 0.25) is 5.75 Å². The first-order chi connectivity index (χ1) is 18.9. The van der Waals surface area contributed by atoms with Crippen LogP contribution >= 0.6 is 0 Å². The van der Waals surface area contributed by atoms with Gasteiger partial charge in [0, 0.05) is 0 Å². The summed E-state index contributed by atoms with van der Waals surface area (Å²) in [5, 5.41) is 0. The first-order valence-corrected chi connectivity index (χ1v) is 14.4. The van der Waals surface area contributed by atoms with Gasteiger partial charge in [-0.1, -0.05) is 70.4 Å². The zero-order chi connectivity index (χ0) is 28.9. The average Bonchev–Trinajstić information content (AvgIpc) is 2.90. The molecule has 222 valence electrons. The lowest BCUT2D eigenvalue weighted by molar-refractivity contribution is -0.276. The molecule has 0 aliphatic heterocycles. The maximum atomic E-state index is 14.6. The lowest BCUT2D eigenvalue weighted by atomic mass is 9.74. The van der Waals surface area contributed by atoms with E-state index in [1.165, 1.54) is 63.5 Å². The van der Waals surface area contributed by atoms with Crippen LogP contribution in [0.2, 0.25) is 0 Å². The first-order valence-electron chi connectivity index (χ1n) is 14.4. The number of hydrogen-bond donors (Lipinski definition) is 0. The quantitative estimate of drug-likeness (QED) is 0.263. The van der Waals surface area contributed by atoms with Gasteiger partial charge in [0.25, 0.3) is 0 Å². The van der Waals surface area contributed by atoms with Crippen molar-refractivity contribution in [2.75, 3.05) is 0 Å². The van der Waals surface area contributed by atoms with Crippen LogP contribution in [0.5, 0.6) is 11.5 Å². The van der Waals surface area contributed by atoms with E-state index in [0.29, 0.717) is 5.92 Å². The van der Waals surface area contributed by atoms with Crippen LogP contribution in [0.25, 0.3) is 0 Å². The van der Waals surface area contributed by atoms with Crippen molar-refractivity contribution in [3.63, 3.8) is 0 Å². The lowest BCUT2D eigenvalue weighted by Crippen LogP contribution is -2.24. The van der Waals surface area contributed by atoms with Gasteiger partial charge in [-0.05, 0) is 79.2 Å². The standard InChI is InChI=1S/C31H37F7O2/c1-2-3-20-4-6-21(7-5-20)8-9-22-10-12-23(13-11-22)24-14-16-26(17-15-24)39-30(34,35)25-18-27(32)29(28(33)19-25)40-31(36,37)38/h14-23H,2-13H2,1H3. The highest BCUT2D eigenvalue weighted by Gasteiger charge is 2.39. The molecule has 0 radical (unpaired) electrons. The summed E-state index contributed by atoms with van der Waals surface area (Å²) in [4.78, 5) is 0. The summed E-state index contributed by atoms with van der Waals surface area (Å²) >= 11 is 0. The van der Waals surface area contributed by atoms with Crippen molar-refractivity contribution in [2.45, 2.75) is 102 Å². The van der Waals surface area contributed by atoms with E-state index in [-0.39, 0.29) is 17.9 Å². The molecular formula is C31H37F7O2. The fourth-order valence-electron chi connectivity index (χ4n) is 6.43. The maximum absolute atomic E-state index is 14.6. The molecule has 0 N–H and O–H groups in total. The van der Waals surface area contributed by atoms with E-state index in [2.05, 4.69) is 16.4 Å². The van der Waals surface area contributed by atoms with E-state index in [1.54, 1.807) is 12.1 Å². The predicted molar refractivity (Wildman–Crippen MR) is 138 cm³/mol. The van der Waals surface area contributed by atoms with Gasteiger partial charge in [0.1, 0.15) is 5.75 Å². The molecule has 2 aromatic carbocycles. The fraction of sp³-hybridized carbons (Fsp3) is 0.613. The Morgan fingerprint density at radius 1 is 0.675 bits per heavy atom. The zero-order valence-electron chi connectivity index (χ0n) is 22.7. The van der Waals surface area contributed by atoms with Gasteiger partial charge in [-0.15, -0.1) is 13.2 Å². The monoisotopic (exact) mass is 574 g/mol. The summed E-state index contributed by atoms with van der Waals surface area (Å²) in [6.07, 6.45) is 5.56. The van der Waals surface area contributed by atoms with Crippen LogP contribution in [-0.4, -0.2) is 6.36 Å². The summed E-state index contributed by atoms with van der Waals surface area (Å²) in [6, 6.07) is 6.30. The van der Waals surface area contributed by atoms with Gasteiger partial charge in [0.15, 0.2) is 11.6 Å². The van der Waals surface area contributed by atoms with Gasteiger partial charge in [-0.2, -0.15) is 8.78 Å². The van der Waals surface area contributed by atoms with E-state index < -0.39 is 35.4 Å². The van der Waals surface area contributed by atoms with Gasteiger partial charge >= 0.3 is 12.5 Å². The molecular weight excluding hydrogens is 537 g/mol. The minimum Gasteiger partial charge on any atom is -0.429 e. The van der Waals surface area contributed by atoms with Crippen LogP contribution in [0, 0.1) is 29.4 Å². The minimum absolute atomic E-state index is 0.0639. The Morgan fingerprint density at radius 3 is 1.62 bits per heavy atom. The summed E-state index contributed by atoms with van der Waals surface area (Å²) in [7, 11) is 0. The maximum Gasteiger partial charge on any atom is 0.573 e. The Balaban J connectivity index is 1.26. The molecule has 4 rings (SSSR count). The Kier molecular flexibility index (Phi) is 9.93. The fourth-order valence-corrected chi connectivity index (χ4v) is 6.43. The molecule has 2 nitrogen and oxygen atoms in total. The van der Waals surface area contributed by atoms with Gasteiger partial charge in [-0.3, -0.25) is 0 Å². The van der Waals surface area contributed by atoms with E-state index in [1.807, 2.05) is 0 Å². The Bertz CT molecular complexity index is 1060. The lowest BCUT2D eigenvalue weighted by Gasteiger charge is -2.32. The second-order valence-corrected chi connectivity index (χ2v) is 11.5. The van der Waals surface area contributed by atoms with Crippen LogP contribution in [0.1, 0.15) is 101 Å². The molecule has 0 aromatic heterocycles. The largest absolute Gasteiger partial charge is 0.573 e. The van der Waals surface area contributed by atoms with Gasteiger partial charge in [-0.25, -0.2) is 8.78 Å². The molecule has 0 unspecified atom stereocenters. The number of benzene rings is 2. The normalized spacial score (nSPS) is 24.1. The average molecular weight is 575 g/mol. The first kappa shape index (κ1) is 30.5. The molecule has 0 heterocycles. The van der Waals surface area contributed by atoms with Crippen LogP contribution in [0.4, 0.5) is 30.7 Å². The van der Waals surface area contributed by atoms with Crippen molar-refractivity contribution in [3.8, 4) is 11.5 Å². The zero-order valence-corrected chi connectivity index (χ0v) is 22.7. The summed E-state index contributed by atoms with van der Waals surface area (Å²) < 4.78 is 102. The molecule has 0 amide bonds. The Labute approximate surface area is 231 Å². The second kappa shape index (κ2) is 13.0. The molecule has 9 heteroatoms. The highest BCUT2D eigenvalue weighted by Crippen LogP contribution is 2.41. The molecule has 2 fully saturated rings. The van der Waals surface area contributed by atoms with E-state index in [4.69, 9.17) is 0 Å². The summed E-state index contributed by atoms with van der Waals surface area (Å²) in [6.45, 7) is 2.27. The number of halogens is 7. The highest BCUT2D eigenvalue weighted by atomic mass is 19.4. The SMILES string of the molecule is CCCC1CCC(CCC2CCC(c3ccc(OC(F)(F)c4cc(F)c(OC(F)(F)F)c(F)c4)cc3)CC2)CC1. The van der Waals surface area contributed by atoms with Gasteiger partial charge in [0.05, 0.1) is 5.56 Å². The molecule has 2 aliphatic carbocycles. The molecule has 0 atom stereocenters.